The van der Waals surface area contributed by atoms with Crippen molar-refractivity contribution in [2.24, 2.45) is 0 Å². The van der Waals surface area contributed by atoms with Crippen molar-refractivity contribution in [1.29, 1.82) is 0 Å². The molecular formula is C22H26ClN3OS. The van der Waals surface area contributed by atoms with Crippen LogP contribution in [0.15, 0.2) is 30.3 Å². The molecule has 3 heterocycles. The van der Waals surface area contributed by atoms with Crippen molar-refractivity contribution in [3.63, 3.8) is 0 Å². The molecule has 2 aromatic heterocycles. The van der Waals surface area contributed by atoms with Gasteiger partial charge in [-0.3, -0.25) is 9.69 Å². The number of nitrogens with zero attached hydrogens (tertiary/aromatic N) is 2. The molecule has 4 rings (SSSR count). The first-order valence-corrected chi connectivity index (χ1v) is 11.3. The fourth-order valence-electron chi connectivity index (χ4n) is 4.25. The lowest BCUT2D eigenvalue weighted by molar-refractivity contribution is 0.0929. The van der Waals surface area contributed by atoms with Gasteiger partial charge in [-0.25, -0.2) is 4.98 Å². The number of piperidine rings is 1. The van der Waals surface area contributed by atoms with E-state index in [0.29, 0.717) is 28.7 Å². The Morgan fingerprint density at radius 2 is 2.00 bits per heavy atom. The quantitative estimate of drug-likeness (QED) is 0.443. The summed E-state index contributed by atoms with van der Waals surface area (Å²) in [7, 11) is 0. The summed E-state index contributed by atoms with van der Waals surface area (Å²) in [6, 6.07) is 11.1. The van der Waals surface area contributed by atoms with Crippen LogP contribution >= 0.6 is 22.9 Å². The number of para-hydroxylation sites is 1. The number of likely N-dealkylation sites (tertiary alicyclic amines) is 1. The van der Waals surface area contributed by atoms with Crippen LogP contribution in [0.1, 0.15) is 49.2 Å². The minimum absolute atomic E-state index is 0.0268. The van der Waals surface area contributed by atoms with Gasteiger partial charge in [-0.05, 0) is 45.2 Å². The summed E-state index contributed by atoms with van der Waals surface area (Å²) in [5, 5.41) is 5.43. The number of hydrogen-bond donors (Lipinski definition) is 1. The average molecular weight is 416 g/mol. The third-order valence-corrected chi connectivity index (χ3v) is 7.26. The van der Waals surface area contributed by atoms with Gasteiger partial charge in [0.25, 0.3) is 5.91 Å². The zero-order valence-corrected chi connectivity index (χ0v) is 17.9. The van der Waals surface area contributed by atoms with Crippen molar-refractivity contribution in [3.05, 3.63) is 40.4 Å². The van der Waals surface area contributed by atoms with Gasteiger partial charge in [0.1, 0.15) is 5.15 Å². The van der Waals surface area contributed by atoms with Crippen LogP contribution in [-0.4, -0.2) is 41.0 Å². The van der Waals surface area contributed by atoms with E-state index < -0.39 is 0 Å². The van der Waals surface area contributed by atoms with Crippen LogP contribution in [0.3, 0.4) is 0 Å². The SMILES string of the molecule is C[C@@H]1CCC[C@H](C)N1CCCNC(=O)c1cc2c(Cl)nc3ccccc3c2s1. The summed E-state index contributed by atoms with van der Waals surface area (Å²) in [5.74, 6) is -0.0268. The van der Waals surface area contributed by atoms with Crippen molar-refractivity contribution in [2.45, 2.75) is 51.6 Å². The topological polar surface area (TPSA) is 45.2 Å². The number of benzene rings is 1. The van der Waals surface area contributed by atoms with Crippen molar-refractivity contribution in [2.75, 3.05) is 13.1 Å². The number of pyridine rings is 1. The fraction of sp³-hybridized carbons (Fsp3) is 0.455. The number of amides is 1. The number of carbonyl (C=O) groups is 1. The van der Waals surface area contributed by atoms with Gasteiger partial charge in [-0.1, -0.05) is 36.2 Å². The number of nitrogens with one attached hydrogen (secondary N) is 1. The third kappa shape index (κ3) is 3.88. The normalized spacial score (nSPS) is 20.7. The van der Waals surface area contributed by atoms with E-state index in [-0.39, 0.29) is 5.91 Å². The van der Waals surface area contributed by atoms with Gasteiger partial charge in [-0.15, -0.1) is 11.3 Å². The second kappa shape index (κ2) is 8.36. The molecule has 6 heteroatoms. The number of halogens is 1. The maximum absolute atomic E-state index is 12.7. The third-order valence-electron chi connectivity index (χ3n) is 5.80. The van der Waals surface area contributed by atoms with Gasteiger partial charge in [0.2, 0.25) is 0 Å². The standard InChI is InChI=1S/C22H26ClN3OS/c1-14-7-5-8-15(2)26(14)12-6-11-24-22(27)19-13-17-20(28-19)16-9-3-4-10-18(16)25-21(17)23/h3-4,9-10,13-15H,5-8,11-12H2,1-2H3,(H,24,27)/t14-,15+. The molecule has 0 aliphatic carbocycles. The Labute approximate surface area is 174 Å². The van der Waals surface area contributed by atoms with Crippen molar-refractivity contribution < 1.29 is 4.79 Å². The van der Waals surface area contributed by atoms with E-state index in [1.54, 1.807) is 0 Å². The molecular weight excluding hydrogens is 390 g/mol. The highest BCUT2D eigenvalue weighted by molar-refractivity contribution is 7.21. The minimum Gasteiger partial charge on any atom is -0.351 e. The Hall–Kier alpha value is -1.69. The van der Waals surface area contributed by atoms with Gasteiger partial charge in [-0.2, -0.15) is 0 Å². The lowest BCUT2D eigenvalue weighted by atomic mass is 9.97. The summed E-state index contributed by atoms with van der Waals surface area (Å²) >= 11 is 7.84. The van der Waals surface area contributed by atoms with E-state index in [2.05, 4.69) is 29.0 Å². The maximum atomic E-state index is 12.7. The Kier molecular flexibility index (Phi) is 5.85. The van der Waals surface area contributed by atoms with E-state index in [0.717, 1.165) is 34.0 Å². The van der Waals surface area contributed by atoms with Gasteiger partial charge < -0.3 is 5.32 Å². The fourth-order valence-corrected chi connectivity index (χ4v) is 5.66. The molecule has 0 spiro atoms. The molecule has 0 bridgehead atoms. The monoisotopic (exact) mass is 415 g/mol. The van der Waals surface area contributed by atoms with E-state index in [1.807, 2.05) is 30.3 Å². The van der Waals surface area contributed by atoms with E-state index in [4.69, 9.17) is 11.6 Å². The Bertz CT molecular complexity index is 992. The Morgan fingerprint density at radius 3 is 2.79 bits per heavy atom. The average Bonchev–Trinajstić information content (AvgIpc) is 3.13. The first-order valence-electron chi connectivity index (χ1n) is 10.1. The first-order chi connectivity index (χ1) is 13.5. The molecule has 1 aromatic carbocycles. The van der Waals surface area contributed by atoms with E-state index in [9.17, 15) is 4.79 Å². The molecule has 1 amide bonds. The predicted molar refractivity (Wildman–Crippen MR) is 119 cm³/mol. The van der Waals surface area contributed by atoms with Crippen LogP contribution in [-0.2, 0) is 0 Å². The second-order valence-corrected chi connectivity index (χ2v) is 9.16. The minimum atomic E-state index is -0.0268. The molecule has 3 aromatic rings. The molecule has 0 saturated carbocycles. The van der Waals surface area contributed by atoms with Gasteiger partial charge in [0, 0.05) is 40.6 Å². The largest absolute Gasteiger partial charge is 0.351 e. The molecule has 28 heavy (non-hydrogen) atoms. The molecule has 2 atom stereocenters. The lowest BCUT2D eigenvalue weighted by Crippen LogP contribution is -2.44. The summed E-state index contributed by atoms with van der Waals surface area (Å²) in [6.07, 6.45) is 4.85. The van der Waals surface area contributed by atoms with Crippen molar-refractivity contribution in [3.8, 4) is 0 Å². The predicted octanol–water partition coefficient (Wildman–Crippen LogP) is 5.49. The molecule has 0 radical (unpaired) electrons. The highest BCUT2D eigenvalue weighted by atomic mass is 35.5. The van der Waals surface area contributed by atoms with Crippen molar-refractivity contribution in [1.82, 2.24) is 15.2 Å². The number of fused-ring (bicyclic) bond motifs is 3. The second-order valence-electron chi connectivity index (χ2n) is 7.75. The number of hydrogen-bond acceptors (Lipinski definition) is 4. The summed E-state index contributed by atoms with van der Waals surface area (Å²) in [5.41, 5.74) is 0.860. The van der Waals surface area contributed by atoms with Crippen molar-refractivity contribution >= 4 is 49.8 Å². The number of rotatable bonds is 5. The van der Waals surface area contributed by atoms with Crippen LogP contribution in [0, 0.1) is 0 Å². The summed E-state index contributed by atoms with van der Waals surface area (Å²) in [4.78, 5) is 20.4. The summed E-state index contributed by atoms with van der Waals surface area (Å²) in [6.45, 7) is 6.35. The van der Waals surface area contributed by atoms with Crippen LogP contribution in [0.4, 0.5) is 0 Å². The Morgan fingerprint density at radius 1 is 1.25 bits per heavy atom. The van der Waals surface area contributed by atoms with E-state index in [1.165, 1.54) is 30.6 Å². The van der Waals surface area contributed by atoms with Crippen LogP contribution in [0.5, 0.6) is 0 Å². The van der Waals surface area contributed by atoms with Gasteiger partial charge in [0.05, 0.1) is 10.4 Å². The molecule has 1 fully saturated rings. The smallest absolute Gasteiger partial charge is 0.261 e. The molecule has 1 aliphatic rings. The molecule has 1 aliphatic heterocycles. The Balaban J connectivity index is 1.42. The molecule has 4 nitrogen and oxygen atoms in total. The summed E-state index contributed by atoms with van der Waals surface area (Å²) < 4.78 is 1.02. The molecule has 148 valence electrons. The highest BCUT2D eigenvalue weighted by Crippen LogP contribution is 2.35. The van der Waals surface area contributed by atoms with Crippen LogP contribution in [0.25, 0.3) is 21.0 Å². The number of aromatic nitrogens is 1. The zero-order chi connectivity index (χ0) is 19.7. The van der Waals surface area contributed by atoms with Crippen LogP contribution in [0.2, 0.25) is 5.15 Å². The van der Waals surface area contributed by atoms with E-state index >= 15 is 0 Å². The first kappa shape index (κ1) is 19.6. The molecule has 1 saturated heterocycles. The maximum Gasteiger partial charge on any atom is 0.261 e. The number of carbonyl (C=O) groups excluding carboxylic acids is 1. The van der Waals surface area contributed by atoms with Gasteiger partial charge in [0.15, 0.2) is 0 Å². The number of thiophene rings is 1. The molecule has 0 unspecified atom stereocenters. The highest BCUT2D eigenvalue weighted by Gasteiger charge is 2.24. The zero-order valence-electron chi connectivity index (χ0n) is 16.4. The lowest BCUT2D eigenvalue weighted by Gasteiger charge is -2.39. The van der Waals surface area contributed by atoms with Crippen LogP contribution < -0.4 is 5.32 Å². The molecule has 1 N–H and O–H groups in total. The van der Waals surface area contributed by atoms with Gasteiger partial charge >= 0.3 is 0 Å².